The van der Waals surface area contributed by atoms with Crippen LogP contribution >= 0.6 is 0 Å². The molecule has 0 bridgehead atoms. The Balaban J connectivity index is 1.58. The molecule has 1 N–H and O–H groups in total. The van der Waals surface area contributed by atoms with Crippen LogP contribution in [0.1, 0.15) is 23.0 Å². The van der Waals surface area contributed by atoms with E-state index in [-0.39, 0.29) is 17.8 Å². The van der Waals surface area contributed by atoms with Gasteiger partial charge in [0, 0.05) is 31.1 Å². The Labute approximate surface area is 163 Å². The summed E-state index contributed by atoms with van der Waals surface area (Å²) in [5.41, 5.74) is 2.69. The van der Waals surface area contributed by atoms with E-state index in [1.54, 1.807) is 13.2 Å². The van der Waals surface area contributed by atoms with Gasteiger partial charge in [-0.25, -0.2) is 4.39 Å². The molecule has 4 rings (SSSR count). The second-order valence-electron chi connectivity index (χ2n) is 7.25. The third-order valence-corrected chi connectivity index (χ3v) is 5.57. The summed E-state index contributed by atoms with van der Waals surface area (Å²) in [5, 5.41) is 0.753. The van der Waals surface area contributed by atoms with E-state index < -0.39 is 0 Å². The van der Waals surface area contributed by atoms with E-state index in [2.05, 4.69) is 9.88 Å². The summed E-state index contributed by atoms with van der Waals surface area (Å²) in [4.78, 5) is 20.3. The fourth-order valence-electron chi connectivity index (χ4n) is 4.04. The van der Waals surface area contributed by atoms with Gasteiger partial charge < -0.3 is 19.5 Å². The number of fused-ring (bicyclic) bond motifs is 1. The highest BCUT2D eigenvalue weighted by molar-refractivity contribution is 6.01. The molecule has 6 heteroatoms. The van der Waals surface area contributed by atoms with Gasteiger partial charge in [-0.15, -0.1) is 0 Å². The minimum Gasteiger partial charge on any atom is -0.495 e. The van der Waals surface area contributed by atoms with Gasteiger partial charge >= 0.3 is 0 Å². The summed E-state index contributed by atoms with van der Waals surface area (Å²) in [6, 6.07) is 12.8. The molecule has 1 aromatic heterocycles. The number of rotatable bonds is 3. The van der Waals surface area contributed by atoms with Crippen LogP contribution in [0, 0.1) is 12.7 Å². The maximum Gasteiger partial charge on any atom is 0.270 e. The quantitative estimate of drug-likeness (QED) is 0.747. The fourth-order valence-corrected chi connectivity index (χ4v) is 4.04. The molecule has 146 valence electrons. The van der Waals surface area contributed by atoms with Crippen molar-refractivity contribution in [1.82, 2.24) is 9.88 Å². The van der Waals surface area contributed by atoms with E-state index in [9.17, 15) is 9.18 Å². The second kappa shape index (κ2) is 7.19. The molecule has 1 fully saturated rings. The maximum absolute atomic E-state index is 14.1. The predicted molar refractivity (Wildman–Crippen MR) is 109 cm³/mol. The molecule has 5 nitrogen and oxygen atoms in total. The Morgan fingerprint density at radius 1 is 1.18 bits per heavy atom. The number of H-pyrrole nitrogens is 1. The van der Waals surface area contributed by atoms with E-state index >= 15 is 0 Å². The van der Waals surface area contributed by atoms with E-state index in [4.69, 9.17) is 4.74 Å². The monoisotopic (exact) mass is 381 g/mol. The van der Waals surface area contributed by atoms with Crippen LogP contribution in [-0.2, 0) is 0 Å². The average molecular weight is 381 g/mol. The summed E-state index contributed by atoms with van der Waals surface area (Å²) in [6.07, 6.45) is 0. The number of benzene rings is 2. The third kappa shape index (κ3) is 2.99. The largest absolute Gasteiger partial charge is 0.495 e. The van der Waals surface area contributed by atoms with E-state index in [1.807, 2.05) is 49.1 Å². The van der Waals surface area contributed by atoms with E-state index in [1.165, 1.54) is 6.07 Å². The molecule has 1 atom stereocenters. The number of aryl methyl sites for hydroxylation is 1. The summed E-state index contributed by atoms with van der Waals surface area (Å²) in [5.74, 6) is 0.408. The van der Waals surface area contributed by atoms with Crippen LogP contribution in [0.25, 0.3) is 10.9 Å². The van der Waals surface area contributed by atoms with Crippen molar-refractivity contribution < 1.29 is 13.9 Å². The van der Waals surface area contributed by atoms with Crippen molar-refractivity contribution in [2.75, 3.05) is 31.6 Å². The van der Waals surface area contributed by atoms with Crippen molar-refractivity contribution in [2.24, 2.45) is 0 Å². The number of hydrogen-bond donors (Lipinski definition) is 1. The van der Waals surface area contributed by atoms with Gasteiger partial charge in [0.25, 0.3) is 5.91 Å². The van der Waals surface area contributed by atoms with Crippen molar-refractivity contribution in [2.45, 2.75) is 19.9 Å². The number of anilines is 1. The molecule has 3 aromatic rings. The number of nitrogens with one attached hydrogen (secondary N) is 1. The molecule has 1 unspecified atom stereocenters. The number of aromatic nitrogens is 1. The number of hydrogen-bond acceptors (Lipinski definition) is 3. The van der Waals surface area contributed by atoms with Gasteiger partial charge in [0.2, 0.25) is 0 Å². The number of ether oxygens (including phenoxy) is 1. The summed E-state index contributed by atoms with van der Waals surface area (Å²) >= 11 is 0. The fraction of sp³-hybridized carbons (Fsp3) is 0.318. The Morgan fingerprint density at radius 3 is 2.68 bits per heavy atom. The standard InChI is InChI=1S/C22H24FN3O2/c1-14-13-25(18-9-4-5-10-19(18)28-3)11-12-26(14)22(27)20-15(2)16-7-6-8-17(23)21(16)24-20/h4-10,14,24H,11-13H2,1-3H3. The first-order chi connectivity index (χ1) is 13.5. The smallest absolute Gasteiger partial charge is 0.270 e. The van der Waals surface area contributed by atoms with Crippen LogP contribution < -0.4 is 9.64 Å². The van der Waals surface area contributed by atoms with E-state index in [0.29, 0.717) is 30.8 Å². The first-order valence-electron chi connectivity index (χ1n) is 9.47. The lowest BCUT2D eigenvalue weighted by molar-refractivity contribution is 0.0668. The van der Waals surface area contributed by atoms with Gasteiger partial charge in [-0.05, 0) is 37.6 Å². The highest BCUT2D eigenvalue weighted by atomic mass is 19.1. The number of carbonyl (C=O) groups excluding carboxylic acids is 1. The zero-order chi connectivity index (χ0) is 19.8. The van der Waals surface area contributed by atoms with Gasteiger partial charge in [-0.2, -0.15) is 0 Å². The summed E-state index contributed by atoms with van der Waals surface area (Å²) in [6.45, 7) is 5.92. The van der Waals surface area contributed by atoms with Crippen LogP contribution in [-0.4, -0.2) is 48.6 Å². The number of halogens is 1. The normalized spacial score (nSPS) is 17.2. The summed E-state index contributed by atoms with van der Waals surface area (Å²) in [7, 11) is 1.67. The maximum atomic E-state index is 14.1. The molecule has 1 saturated heterocycles. The zero-order valence-corrected chi connectivity index (χ0v) is 16.3. The molecule has 0 aliphatic carbocycles. The number of carbonyl (C=O) groups is 1. The van der Waals surface area contributed by atoms with Gasteiger partial charge in [-0.1, -0.05) is 24.3 Å². The van der Waals surface area contributed by atoms with Crippen LogP contribution in [0.2, 0.25) is 0 Å². The molecular weight excluding hydrogens is 357 g/mol. The highest BCUT2D eigenvalue weighted by Crippen LogP contribution is 2.30. The third-order valence-electron chi connectivity index (χ3n) is 5.57. The van der Waals surface area contributed by atoms with Crippen LogP contribution in [0.5, 0.6) is 5.75 Å². The number of methoxy groups -OCH3 is 1. The summed E-state index contributed by atoms with van der Waals surface area (Å²) < 4.78 is 19.6. The second-order valence-corrected chi connectivity index (χ2v) is 7.25. The molecule has 2 heterocycles. The SMILES string of the molecule is COc1ccccc1N1CCN(C(=O)c2[nH]c3c(F)cccc3c2C)C(C)C1. The molecule has 28 heavy (non-hydrogen) atoms. The van der Waals surface area contributed by atoms with Gasteiger partial charge in [-0.3, -0.25) is 4.79 Å². The topological polar surface area (TPSA) is 48.6 Å². The average Bonchev–Trinajstić information content (AvgIpc) is 3.05. The Kier molecular flexibility index (Phi) is 4.71. The first-order valence-corrected chi connectivity index (χ1v) is 9.47. The minimum atomic E-state index is -0.339. The van der Waals surface area contributed by atoms with Crippen molar-refractivity contribution >= 4 is 22.5 Å². The highest BCUT2D eigenvalue weighted by Gasteiger charge is 2.31. The molecular formula is C22H24FN3O2. The lowest BCUT2D eigenvalue weighted by Crippen LogP contribution is -2.54. The Bertz CT molecular complexity index is 1030. The molecule has 2 aromatic carbocycles. The van der Waals surface area contributed by atoms with Crippen molar-refractivity contribution in [3.05, 3.63) is 59.5 Å². The molecule has 0 spiro atoms. The Hall–Kier alpha value is -3.02. The van der Waals surface area contributed by atoms with Crippen LogP contribution in [0.4, 0.5) is 10.1 Å². The molecule has 0 saturated carbocycles. The Morgan fingerprint density at radius 2 is 1.96 bits per heavy atom. The zero-order valence-electron chi connectivity index (χ0n) is 16.3. The van der Waals surface area contributed by atoms with Gasteiger partial charge in [0.05, 0.1) is 18.3 Å². The van der Waals surface area contributed by atoms with Gasteiger partial charge in [0.15, 0.2) is 0 Å². The lowest BCUT2D eigenvalue weighted by Gasteiger charge is -2.41. The van der Waals surface area contributed by atoms with Crippen LogP contribution in [0.3, 0.4) is 0 Å². The molecule has 0 radical (unpaired) electrons. The van der Waals surface area contributed by atoms with Gasteiger partial charge in [0.1, 0.15) is 17.3 Å². The molecule has 1 aliphatic heterocycles. The number of piperazine rings is 1. The molecule has 1 amide bonds. The van der Waals surface area contributed by atoms with E-state index in [0.717, 1.165) is 22.4 Å². The number of para-hydroxylation sites is 3. The van der Waals surface area contributed by atoms with Crippen molar-refractivity contribution in [1.29, 1.82) is 0 Å². The first kappa shape index (κ1) is 18.3. The molecule has 1 aliphatic rings. The number of aromatic amines is 1. The van der Waals surface area contributed by atoms with Crippen LogP contribution in [0.15, 0.2) is 42.5 Å². The predicted octanol–water partition coefficient (Wildman–Crippen LogP) is 3.97. The minimum absolute atomic E-state index is 0.0156. The van der Waals surface area contributed by atoms with Crippen molar-refractivity contribution in [3.8, 4) is 5.75 Å². The number of amides is 1. The lowest BCUT2D eigenvalue weighted by atomic mass is 10.1. The number of nitrogens with zero attached hydrogens (tertiary/aromatic N) is 2. The van der Waals surface area contributed by atoms with Crippen molar-refractivity contribution in [3.63, 3.8) is 0 Å².